The van der Waals surface area contributed by atoms with Crippen LogP contribution in [0.15, 0.2) is 36.7 Å². The number of aromatic amines is 1. The maximum absolute atomic E-state index is 11.4. The second-order valence-corrected chi connectivity index (χ2v) is 3.51. The average Bonchev–Trinajstić information content (AvgIpc) is 2.81. The predicted octanol–water partition coefficient (Wildman–Crippen LogP) is 2.42. The van der Waals surface area contributed by atoms with Crippen LogP contribution in [0.25, 0.3) is 0 Å². The predicted molar refractivity (Wildman–Crippen MR) is 59.2 cm³/mol. The van der Waals surface area contributed by atoms with Crippen LogP contribution in [-0.2, 0) is 11.3 Å². The Bertz CT molecular complexity index is 482. The van der Waals surface area contributed by atoms with Crippen molar-refractivity contribution in [2.24, 2.45) is 0 Å². The van der Waals surface area contributed by atoms with Gasteiger partial charge in [-0.25, -0.2) is 9.78 Å². The van der Waals surface area contributed by atoms with Gasteiger partial charge in [0.25, 0.3) is 0 Å². The number of aromatic nitrogens is 2. The van der Waals surface area contributed by atoms with Crippen molar-refractivity contribution in [1.29, 1.82) is 0 Å². The van der Waals surface area contributed by atoms with Crippen LogP contribution in [0.5, 0.6) is 0 Å². The summed E-state index contributed by atoms with van der Waals surface area (Å²) in [5.41, 5.74) is 0.768. The minimum Gasteiger partial charge on any atom is -0.455 e. The molecule has 1 heterocycles. The third kappa shape index (κ3) is 2.41. The molecule has 0 bridgehead atoms. The van der Waals surface area contributed by atoms with Crippen LogP contribution in [0.1, 0.15) is 16.2 Å². The Labute approximate surface area is 97.2 Å². The molecule has 16 heavy (non-hydrogen) atoms. The van der Waals surface area contributed by atoms with Crippen LogP contribution in [-0.4, -0.2) is 15.9 Å². The molecule has 2 aromatic rings. The molecule has 5 heteroatoms. The molecule has 0 fully saturated rings. The smallest absolute Gasteiger partial charge is 0.374 e. The van der Waals surface area contributed by atoms with Gasteiger partial charge < -0.3 is 9.72 Å². The summed E-state index contributed by atoms with van der Waals surface area (Å²) in [5.74, 6) is -0.308. The number of benzene rings is 1. The molecule has 0 amide bonds. The second kappa shape index (κ2) is 4.81. The summed E-state index contributed by atoms with van der Waals surface area (Å²) < 4.78 is 5.04. The monoisotopic (exact) mass is 236 g/mol. The number of hydrogen-bond donors (Lipinski definition) is 1. The Morgan fingerprint density at radius 2 is 2.25 bits per heavy atom. The lowest BCUT2D eigenvalue weighted by atomic mass is 10.2. The fourth-order valence-electron chi connectivity index (χ4n) is 1.20. The van der Waals surface area contributed by atoms with Gasteiger partial charge in [0.2, 0.25) is 5.82 Å². The van der Waals surface area contributed by atoms with Gasteiger partial charge in [0, 0.05) is 23.0 Å². The van der Waals surface area contributed by atoms with Crippen LogP contribution in [0.3, 0.4) is 0 Å². The molecule has 0 atom stereocenters. The van der Waals surface area contributed by atoms with Gasteiger partial charge in [0.05, 0.1) is 0 Å². The normalized spacial score (nSPS) is 10.1. The van der Waals surface area contributed by atoms with Crippen LogP contribution in [0.4, 0.5) is 0 Å². The van der Waals surface area contributed by atoms with Crippen molar-refractivity contribution >= 4 is 17.6 Å². The molecular weight excluding hydrogens is 228 g/mol. The number of nitrogens with one attached hydrogen (secondary N) is 1. The molecule has 2 rings (SSSR count). The Morgan fingerprint density at radius 3 is 2.94 bits per heavy atom. The van der Waals surface area contributed by atoms with Gasteiger partial charge >= 0.3 is 5.97 Å². The molecule has 0 spiro atoms. The van der Waals surface area contributed by atoms with Gasteiger partial charge in [-0.1, -0.05) is 29.8 Å². The first-order chi connectivity index (χ1) is 7.77. The van der Waals surface area contributed by atoms with Gasteiger partial charge in [0.1, 0.15) is 6.61 Å². The summed E-state index contributed by atoms with van der Waals surface area (Å²) in [7, 11) is 0. The fourth-order valence-corrected chi connectivity index (χ4v) is 1.39. The fraction of sp³-hybridized carbons (Fsp3) is 0.0909. The largest absolute Gasteiger partial charge is 0.455 e. The van der Waals surface area contributed by atoms with Crippen molar-refractivity contribution in [2.45, 2.75) is 6.61 Å². The first-order valence-electron chi connectivity index (χ1n) is 4.67. The molecule has 82 valence electrons. The Kier molecular flexibility index (Phi) is 3.22. The second-order valence-electron chi connectivity index (χ2n) is 3.11. The number of hydrogen-bond acceptors (Lipinski definition) is 3. The van der Waals surface area contributed by atoms with E-state index < -0.39 is 5.97 Å². The maximum atomic E-state index is 11.4. The van der Waals surface area contributed by atoms with Crippen molar-refractivity contribution in [2.75, 3.05) is 0 Å². The number of imidazole rings is 1. The molecule has 0 saturated carbocycles. The van der Waals surface area contributed by atoms with Crippen molar-refractivity contribution in [3.8, 4) is 0 Å². The number of carbonyl (C=O) groups excluding carboxylic acids is 1. The van der Waals surface area contributed by atoms with Crippen molar-refractivity contribution in [1.82, 2.24) is 9.97 Å². The van der Waals surface area contributed by atoms with Crippen molar-refractivity contribution < 1.29 is 9.53 Å². The number of H-pyrrole nitrogens is 1. The highest BCUT2D eigenvalue weighted by Crippen LogP contribution is 2.15. The molecule has 1 aromatic carbocycles. The van der Waals surface area contributed by atoms with E-state index in [4.69, 9.17) is 16.3 Å². The summed E-state index contributed by atoms with van der Waals surface area (Å²) in [6, 6.07) is 7.21. The van der Waals surface area contributed by atoms with E-state index in [1.165, 1.54) is 6.20 Å². The summed E-state index contributed by atoms with van der Waals surface area (Å²) >= 11 is 5.92. The van der Waals surface area contributed by atoms with Crippen LogP contribution in [0, 0.1) is 0 Å². The molecule has 0 radical (unpaired) electrons. The highest BCUT2D eigenvalue weighted by molar-refractivity contribution is 6.31. The minimum atomic E-state index is -0.495. The van der Waals surface area contributed by atoms with E-state index in [9.17, 15) is 4.79 Å². The minimum absolute atomic E-state index is 0.138. The maximum Gasteiger partial charge on any atom is 0.374 e. The summed E-state index contributed by atoms with van der Waals surface area (Å²) in [6.45, 7) is 0.138. The summed E-state index contributed by atoms with van der Waals surface area (Å²) in [6.07, 6.45) is 3.05. The number of rotatable bonds is 3. The van der Waals surface area contributed by atoms with E-state index in [1.807, 2.05) is 12.1 Å². The van der Waals surface area contributed by atoms with E-state index in [0.29, 0.717) is 5.02 Å². The molecule has 0 aliphatic heterocycles. The first-order valence-corrected chi connectivity index (χ1v) is 5.05. The zero-order valence-electron chi connectivity index (χ0n) is 8.31. The summed E-state index contributed by atoms with van der Waals surface area (Å²) in [5, 5.41) is 0.578. The van der Waals surface area contributed by atoms with Crippen molar-refractivity contribution in [3.05, 3.63) is 53.1 Å². The topological polar surface area (TPSA) is 55.0 Å². The number of esters is 1. The lowest BCUT2D eigenvalue weighted by Gasteiger charge is -2.04. The quantitative estimate of drug-likeness (QED) is 0.833. The van der Waals surface area contributed by atoms with Crippen LogP contribution in [0.2, 0.25) is 5.02 Å². The van der Waals surface area contributed by atoms with E-state index in [1.54, 1.807) is 18.3 Å². The van der Waals surface area contributed by atoms with Crippen molar-refractivity contribution in [3.63, 3.8) is 0 Å². The molecule has 0 saturated heterocycles. The molecule has 1 aromatic heterocycles. The Hall–Kier alpha value is -1.81. The average molecular weight is 237 g/mol. The number of halogens is 1. The Morgan fingerprint density at radius 1 is 1.44 bits per heavy atom. The van der Waals surface area contributed by atoms with Crippen LogP contribution < -0.4 is 0 Å². The molecule has 4 nitrogen and oxygen atoms in total. The number of ether oxygens (including phenoxy) is 1. The van der Waals surface area contributed by atoms with Gasteiger partial charge in [-0.15, -0.1) is 0 Å². The van der Waals surface area contributed by atoms with Gasteiger partial charge in [-0.3, -0.25) is 0 Å². The molecular formula is C11H9ClN2O2. The first kappa shape index (κ1) is 10.7. The zero-order valence-corrected chi connectivity index (χ0v) is 9.07. The van der Waals surface area contributed by atoms with Gasteiger partial charge in [-0.2, -0.15) is 0 Å². The van der Waals surface area contributed by atoms with Crippen LogP contribution >= 0.6 is 11.6 Å². The van der Waals surface area contributed by atoms with E-state index in [2.05, 4.69) is 9.97 Å². The van der Waals surface area contributed by atoms with E-state index in [-0.39, 0.29) is 12.4 Å². The molecule has 0 aliphatic carbocycles. The number of carbonyl (C=O) groups is 1. The van der Waals surface area contributed by atoms with E-state index in [0.717, 1.165) is 5.56 Å². The van der Waals surface area contributed by atoms with Gasteiger partial charge in [0.15, 0.2) is 0 Å². The highest BCUT2D eigenvalue weighted by Gasteiger charge is 2.10. The zero-order chi connectivity index (χ0) is 11.4. The summed E-state index contributed by atoms with van der Waals surface area (Å²) in [4.78, 5) is 17.9. The third-order valence-electron chi connectivity index (χ3n) is 2.01. The molecule has 1 N–H and O–H groups in total. The lowest BCUT2D eigenvalue weighted by Crippen LogP contribution is -2.07. The standard InChI is InChI=1S/C11H9ClN2O2/c12-9-4-2-1-3-8(9)7-16-11(15)10-13-5-6-14-10/h1-6H,7H2,(H,13,14). The lowest BCUT2D eigenvalue weighted by molar-refractivity contribution is 0.0459. The van der Waals surface area contributed by atoms with E-state index >= 15 is 0 Å². The number of nitrogens with zero attached hydrogens (tertiary/aromatic N) is 1. The molecule has 0 aliphatic rings. The van der Waals surface area contributed by atoms with Gasteiger partial charge in [-0.05, 0) is 6.07 Å². The SMILES string of the molecule is O=C(OCc1ccccc1Cl)c1ncc[nH]1. The third-order valence-corrected chi connectivity index (χ3v) is 2.38. The molecule has 0 unspecified atom stereocenters. The highest BCUT2D eigenvalue weighted by atomic mass is 35.5. The Balaban J connectivity index is 1.98.